The average molecular weight is 401 g/mol. The van der Waals surface area contributed by atoms with E-state index in [1.165, 1.54) is 31.0 Å². The maximum absolute atomic E-state index is 13.8. The van der Waals surface area contributed by atoms with E-state index in [1.54, 1.807) is 4.90 Å². The van der Waals surface area contributed by atoms with Gasteiger partial charge in [-0.1, -0.05) is 11.6 Å². The van der Waals surface area contributed by atoms with E-state index < -0.39 is 5.82 Å². The third kappa shape index (κ3) is 2.79. The first-order valence-electron chi connectivity index (χ1n) is 9.27. The number of amides is 1. The second-order valence-corrected chi connectivity index (χ2v) is 7.66. The van der Waals surface area contributed by atoms with Gasteiger partial charge in [-0.15, -0.1) is 10.2 Å². The Morgan fingerprint density at radius 2 is 2.04 bits per heavy atom. The molecule has 2 aliphatic rings. The van der Waals surface area contributed by atoms with E-state index in [4.69, 9.17) is 11.6 Å². The first-order valence-corrected chi connectivity index (χ1v) is 9.65. The van der Waals surface area contributed by atoms with Crippen molar-refractivity contribution < 1.29 is 9.18 Å². The predicted octanol–water partition coefficient (Wildman–Crippen LogP) is 3.49. The molecule has 28 heavy (non-hydrogen) atoms. The van der Waals surface area contributed by atoms with Crippen LogP contribution in [-0.4, -0.2) is 41.9 Å². The summed E-state index contributed by atoms with van der Waals surface area (Å²) in [6.07, 6.45) is 4.31. The molecule has 0 unspecified atom stereocenters. The van der Waals surface area contributed by atoms with Crippen molar-refractivity contribution in [1.29, 1.82) is 0 Å². The van der Waals surface area contributed by atoms with E-state index in [9.17, 15) is 9.18 Å². The Hall–Kier alpha value is -2.74. The molecule has 1 saturated carbocycles. The minimum absolute atomic E-state index is 0.00161. The topological polar surface area (TPSA) is 68.8 Å². The zero-order chi connectivity index (χ0) is 19.4. The molecule has 1 aliphatic carbocycles. The highest BCUT2D eigenvalue weighted by molar-refractivity contribution is 6.30. The van der Waals surface area contributed by atoms with Crippen LogP contribution in [0.2, 0.25) is 5.02 Å². The summed E-state index contributed by atoms with van der Waals surface area (Å²) in [7, 11) is 0. The Bertz CT molecular complexity index is 1070. The maximum Gasteiger partial charge on any atom is 0.254 e. The number of fused-ring (bicyclic) bond motifs is 1. The molecule has 1 fully saturated rings. The molecule has 3 aromatic rings. The minimum atomic E-state index is -0.603. The fourth-order valence-electron chi connectivity index (χ4n) is 3.65. The van der Waals surface area contributed by atoms with Crippen molar-refractivity contribution in [2.75, 3.05) is 6.54 Å². The molecular weight excluding hydrogens is 383 g/mol. The molecule has 3 heterocycles. The van der Waals surface area contributed by atoms with Crippen LogP contribution in [0.3, 0.4) is 0 Å². The fourth-order valence-corrected chi connectivity index (χ4v) is 3.76. The number of rotatable bonds is 3. The Morgan fingerprint density at radius 3 is 2.79 bits per heavy atom. The van der Waals surface area contributed by atoms with E-state index in [0.717, 1.165) is 5.69 Å². The molecule has 9 heteroatoms. The normalized spacial score (nSPS) is 19.0. The first-order chi connectivity index (χ1) is 13.5. The van der Waals surface area contributed by atoms with E-state index >= 15 is 0 Å². The number of carbonyl (C=O) groups is 1. The standard InChI is InChI=1S/C19H18ClFN6O/c1-11-17-22-23-18(16-6-7-27(24-16)13-3-4-13)26(17)9-8-25(11)19(28)12-2-5-14(20)15(21)10-12/h2,5-7,10-11,13H,3-4,8-9H2,1H3/t11-/m1/s1. The van der Waals surface area contributed by atoms with Gasteiger partial charge in [-0.05, 0) is 44.0 Å². The summed E-state index contributed by atoms with van der Waals surface area (Å²) >= 11 is 5.72. The fraction of sp³-hybridized carbons (Fsp3) is 0.368. The monoisotopic (exact) mass is 400 g/mol. The minimum Gasteiger partial charge on any atom is -0.327 e. The van der Waals surface area contributed by atoms with E-state index in [-0.39, 0.29) is 22.5 Å². The second kappa shape index (κ2) is 6.41. The van der Waals surface area contributed by atoms with Gasteiger partial charge in [0.2, 0.25) is 0 Å². The van der Waals surface area contributed by atoms with Gasteiger partial charge in [0.25, 0.3) is 5.91 Å². The van der Waals surface area contributed by atoms with Crippen LogP contribution in [-0.2, 0) is 6.54 Å². The van der Waals surface area contributed by atoms with Crippen molar-refractivity contribution in [2.45, 2.75) is 38.4 Å². The summed E-state index contributed by atoms with van der Waals surface area (Å²) in [4.78, 5) is 14.6. The highest BCUT2D eigenvalue weighted by Gasteiger charge is 2.33. The van der Waals surface area contributed by atoms with Crippen LogP contribution in [0.15, 0.2) is 30.5 Å². The Balaban J connectivity index is 1.42. The number of aromatic nitrogens is 5. The number of benzene rings is 1. The van der Waals surface area contributed by atoms with Gasteiger partial charge in [0, 0.05) is 24.8 Å². The molecule has 0 bridgehead atoms. The number of nitrogens with zero attached hydrogens (tertiary/aromatic N) is 6. The van der Waals surface area contributed by atoms with Gasteiger partial charge in [-0.2, -0.15) is 5.10 Å². The summed E-state index contributed by atoms with van der Waals surface area (Å²) in [6, 6.07) is 6.28. The summed E-state index contributed by atoms with van der Waals surface area (Å²) in [6.45, 7) is 2.93. The first kappa shape index (κ1) is 17.4. The Labute approximate surface area is 165 Å². The van der Waals surface area contributed by atoms with Gasteiger partial charge in [0.15, 0.2) is 11.6 Å². The molecule has 0 radical (unpaired) electrons. The number of carbonyl (C=O) groups excluding carboxylic acids is 1. The molecule has 7 nitrogen and oxygen atoms in total. The largest absolute Gasteiger partial charge is 0.327 e. The maximum atomic E-state index is 13.8. The summed E-state index contributed by atoms with van der Waals surface area (Å²) in [5, 5.41) is 13.3. The lowest BCUT2D eigenvalue weighted by Crippen LogP contribution is -2.41. The van der Waals surface area contributed by atoms with Gasteiger partial charge in [-0.25, -0.2) is 4.39 Å². The summed E-state index contributed by atoms with van der Waals surface area (Å²) < 4.78 is 17.7. The highest BCUT2D eigenvalue weighted by Crippen LogP contribution is 2.35. The summed E-state index contributed by atoms with van der Waals surface area (Å²) in [5.74, 6) is 0.557. The Kier molecular flexibility index (Phi) is 3.97. The lowest BCUT2D eigenvalue weighted by atomic mass is 10.1. The van der Waals surface area contributed by atoms with Gasteiger partial charge in [-0.3, -0.25) is 9.48 Å². The van der Waals surface area contributed by atoms with Crippen LogP contribution in [0.1, 0.15) is 48.0 Å². The van der Waals surface area contributed by atoms with Crippen LogP contribution >= 0.6 is 11.6 Å². The molecule has 1 atom stereocenters. The highest BCUT2D eigenvalue weighted by atomic mass is 35.5. The SMILES string of the molecule is C[C@@H]1c2nnc(-c3ccn(C4CC4)n3)n2CCN1C(=O)c1ccc(Cl)c(F)c1. The van der Waals surface area contributed by atoms with Crippen molar-refractivity contribution in [3.05, 3.63) is 52.7 Å². The van der Waals surface area contributed by atoms with Crippen molar-refractivity contribution in [3.8, 4) is 11.5 Å². The van der Waals surface area contributed by atoms with Crippen LogP contribution in [0.5, 0.6) is 0 Å². The molecule has 5 rings (SSSR count). The molecule has 0 spiro atoms. The average Bonchev–Trinajstić information content (AvgIpc) is 3.25. The van der Waals surface area contributed by atoms with Gasteiger partial charge in [0.05, 0.1) is 17.1 Å². The number of halogens is 2. The van der Waals surface area contributed by atoms with Crippen molar-refractivity contribution in [3.63, 3.8) is 0 Å². The van der Waals surface area contributed by atoms with E-state index in [1.807, 2.05) is 28.4 Å². The van der Waals surface area contributed by atoms with Crippen LogP contribution in [0.25, 0.3) is 11.5 Å². The molecular formula is C19H18ClFN6O. The smallest absolute Gasteiger partial charge is 0.254 e. The second-order valence-electron chi connectivity index (χ2n) is 7.25. The molecule has 0 N–H and O–H groups in total. The molecule has 2 aromatic heterocycles. The number of hydrogen-bond acceptors (Lipinski definition) is 4. The third-order valence-electron chi connectivity index (χ3n) is 5.37. The van der Waals surface area contributed by atoms with Crippen molar-refractivity contribution >= 4 is 17.5 Å². The third-order valence-corrected chi connectivity index (χ3v) is 5.68. The van der Waals surface area contributed by atoms with Gasteiger partial charge < -0.3 is 9.47 Å². The predicted molar refractivity (Wildman–Crippen MR) is 100 cm³/mol. The number of hydrogen-bond donors (Lipinski definition) is 0. The van der Waals surface area contributed by atoms with Crippen molar-refractivity contribution in [2.24, 2.45) is 0 Å². The molecule has 1 aliphatic heterocycles. The van der Waals surface area contributed by atoms with Gasteiger partial charge >= 0.3 is 0 Å². The van der Waals surface area contributed by atoms with Crippen LogP contribution in [0, 0.1) is 5.82 Å². The lowest BCUT2D eigenvalue weighted by Gasteiger charge is -2.33. The van der Waals surface area contributed by atoms with Crippen molar-refractivity contribution in [1.82, 2.24) is 29.4 Å². The lowest BCUT2D eigenvalue weighted by molar-refractivity contribution is 0.0638. The summed E-state index contributed by atoms with van der Waals surface area (Å²) in [5.41, 5.74) is 1.06. The molecule has 144 valence electrons. The van der Waals surface area contributed by atoms with Gasteiger partial charge in [0.1, 0.15) is 11.5 Å². The molecule has 1 amide bonds. The quantitative estimate of drug-likeness (QED) is 0.675. The molecule has 1 aromatic carbocycles. The van der Waals surface area contributed by atoms with E-state index in [0.29, 0.717) is 30.8 Å². The van der Waals surface area contributed by atoms with Crippen LogP contribution in [0.4, 0.5) is 4.39 Å². The zero-order valence-electron chi connectivity index (χ0n) is 15.2. The van der Waals surface area contributed by atoms with E-state index in [2.05, 4.69) is 15.3 Å². The zero-order valence-corrected chi connectivity index (χ0v) is 16.0. The Morgan fingerprint density at radius 1 is 1.21 bits per heavy atom. The van der Waals surface area contributed by atoms with Crippen LogP contribution < -0.4 is 0 Å². The molecule has 0 saturated heterocycles.